The summed E-state index contributed by atoms with van der Waals surface area (Å²) in [6.45, 7) is 5.54. The first-order valence-electron chi connectivity index (χ1n) is 6.97. The van der Waals surface area contributed by atoms with E-state index in [1.54, 1.807) is 0 Å². The average Bonchev–Trinajstić information content (AvgIpc) is 2.44. The van der Waals surface area contributed by atoms with E-state index in [4.69, 9.17) is 13.9 Å². The van der Waals surface area contributed by atoms with E-state index in [1.807, 2.05) is 44.2 Å². The van der Waals surface area contributed by atoms with Crippen molar-refractivity contribution in [2.45, 2.75) is 26.9 Å². The Morgan fingerprint density at radius 3 is 2.35 bits per heavy atom. The zero-order valence-corrected chi connectivity index (χ0v) is 13.1. The molecule has 0 amide bonds. The number of hydrogen-bond acceptors (Lipinski definition) is 5. The number of rotatable bonds is 11. The van der Waals surface area contributed by atoms with Gasteiger partial charge in [0.15, 0.2) is 0 Å². The molecule has 1 aromatic rings. The van der Waals surface area contributed by atoms with Crippen LogP contribution in [-0.2, 0) is 25.1 Å². The van der Waals surface area contributed by atoms with Gasteiger partial charge in [-0.25, -0.2) is 5.48 Å². The summed E-state index contributed by atoms with van der Waals surface area (Å²) in [6, 6.07) is 9.91. The van der Waals surface area contributed by atoms with Gasteiger partial charge < -0.3 is 9.05 Å². The van der Waals surface area contributed by atoms with Crippen molar-refractivity contribution in [2.75, 3.05) is 25.9 Å². The highest BCUT2D eigenvalue weighted by atomic mass is 31.2. The maximum atomic E-state index is 12.2. The van der Waals surface area contributed by atoms with Gasteiger partial charge in [-0.2, -0.15) is 0 Å². The quantitative estimate of drug-likeness (QED) is 0.386. The van der Waals surface area contributed by atoms with Crippen LogP contribution in [0.25, 0.3) is 0 Å². The van der Waals surface area contributed by atoms with Crippen LogP contribution in [0, 0.1) is 0 Å². The molecule has 5 nitrogen and oxygen atoms in total. The molecule has 0 heterocycles. The fourth-order valence-corrected chi connectivity index (χ4v) is 3.35. The van der Waals surface area contributed by atoms with E-state index in [2.05, 4.69) is 5.48 Å². The van der Waals surface area contributed by atoms with Gasteiger partial charge in [-0.15, -0.1) is 0 Å². The highest BCUT2D eigenvalue weighted by molar-refractivity contribution is 7.53. The molecule has 0 aliphatic rings. The van der Waals surface area contributed by atoms with Gasteiger partial charge in [0.2, 0.25) is 0 Å². The molecule has 0 bridgehead atoms. The second-order valence-corrected chi connectivity index (χ2v) is 6.38. The fourth-order valence-electron chi connectivity index (χ4n) is 1.69. The van der Waals surface area contributed by atoms with Gasteiger partial charge in [0.25, 0.3) is 0 Å². The van der Waals surface area contributed by atoms with Crippen LogP contribution < -0.4 is 5.48 Å². The molecule has 0 saturated heterocycles. The lowest BCUT2D eigenvalue weighted by molar-refractivity contribution is 0.0281. The minimum Gasteiger partial charge on any atom is -0.309 e. The van der Waals surface area contributed by atoms with Crippen molar-refractivity contribution in [2.24, 2.45) is 0 Å². The molecule has 20 heavy (non-hydrogen) atoms. The molecule has 1 aromatic carbocycles. The summed E-state index contributed by atoms with van der Waals surface area (Å²) in [7, 11) is -2.92. The first-order valence-corrected chi connectivity index (χ1v) is 8.69. The van der Waals surface area contributed by atoms with Gasteiger partial charge in [0, 0.05) is 6.54 Å². The smallest absolute Gasteiger partial charge is 0.309 e. The van der Waals surface area contributed by atoms with Gasteiger partial charge in [-0.1, -0.05) is 30.3 Å². The van der Waals surface area contributed by atoms with Crippen molar-refractivity contribution in [3.8, 4) is 0 Å². The maximum absolute atomic E-state index is 12.2. The second-order valence-electron chi connectivity index (χ2n) is 4.19. The number of hydrogen-bond donors (Lipinski definition) is 1. The van der Waals surface area contributed by atoms with Gasteiger partial charge >= 0.3 is 7.60 Å². The molecule has 1 rings (SSSR count). The molecule has 0 fully saturated rings. The predicted molar refractivity (Wildman–Crippen MR) is 79.6 cm³/mol. The van der Waals surface area contributed by atoms with E-state index in [9.17, 15) is 4.57 Å². The monoisotopic (exact) mass is 301 g/mol. The highest BCUT2D eigenvalue weighted by Crippen LogP contribution is 2.48. The number of hydroxylamine groups is 1. The normalized spacial score (nSPS) is 11.7. The summed E-state index contributed by atoms with van der Waals surface area (Å²) >= 11 is 0. The van der Waals surface area contributed by atoms with Crippen molar-refractivity contribution >= 4 is 7.60 Å². The molecular formula is C14H24NO4P. The summed E-state index contributed by atoms with van der Waals surface area (Å²) in [5.41, 5.74) is 3.96. The molecule has 0 aliphatic heterocycles. The predicted octanol–water partition coefficient (Wildman–Crippen LogP) is 3.36. The molecule has 0 radical (unpaired) electrons. The van der Waals surface area contributed by atoms with Crippen molar-refractivity contribution in [3.05, 3.63) is 35.9 Å². The minimum absolute atomic E-state index is 0.398. The summed E-state index contributed by atoms with van der Waals surface area (Å²) in [6.07, 6.45) is 1.07. The van der Waals surface area contributed by atoms with Gasteiger partial charge in [-0.05, 0) is 25.8 Å². The van der Waals surface area contributed by atoms with Crippen LogP contribution in [0.5, 0.6) is 0 Å². The van der Waals surface area contributed by atoms with E-state index < -0.39 is 7.60 Å². The molecule has 0 unspecified atom stereocenters. The zero-order chi connectivity index (χ0) is 14.7. The third-order valence-electron chi connectivity index (χ3n) is 2.55. The molecule has 0 saturated carbocycles. The first-order chi connectivity index (χ1) is 9.70. The number of nitrogens with one attached hydrogen (secondary N) is 1. The van der Waals surface area contributed by atoms with Crippen LogP contribution in [-0.4, -0.2) is 25.9 Å². The van der Waals surface area contributed by atoms with Crippen LogP contribution in [0.1, 0.15) is 25.8 Å². The Balaban J connectivity index is 2.13. The minimum atomic E-state index is -2.92. The van der Waals surface area contributed by atoms with Gasteiger partial charge in [-0.3, -0.25) is 9.40 Å². The maximum Gasteiger partial charge on any atom is 0.330 e. The van der Waals surface area contributed by atoms with Crippen LogP contribution >= 0.6 is 7.60 Å². The van der Waals surface area contributed by atoms with E-state index in [0.29, 0.717) is 38.9 Å². The Labute approximate surface area is 121 Å². The number of benzene rings is 1. The lowest BCUT2D eigenvalue weighted by Gasteiger charge is -2.16. The molecule has 0 atom stereocenters. The molecule has 6 heteroatoms. The van der Waals surface area contributed by atoms with Crippen LogP contribution in [0.2, 0.25) is 0 Å². The summed E-state index contributed by atoms with van der Waals surface area (Å²) in [5, 5.41) is 0. The van der Waals surface area contributed by atoms with Crippen molar-refractivity contribution < 1.29 is 18.5 Å². The van der Waals surface area contributed by atoms with Gasteiger partial charge in [0.1, 0.15) is 0 Å². The molecular weight excluding hydrogens is 277 g/mol. The van der Waals surface area contributed by atoms with Crippen molar-refractivity contribution in [1.29, 1.82) is 0 Å². The lowest BCUT2D eigenvalue weighted by atomic mass is 10.2. The highest BCUT2D eigenvalue weighted by Gasteiger charge is 2.22. The third kappa shape index (κ3) is 7.17. The molecule has 0 spiro atoms. The Morgan fingerprint density at radius 2 is 1.75 bits per heavy atom. The Morgan fingerprint density at radius 1 is 1.10 bits per heavy atom. The fraction of sp³-hybridized carbons (Fsp3) is 0.571. The van der Waals surface area contributed by atoms with Crippen molar-refractivity contribution in [3.63, 3.8) is 0 Å². The topological polar surface area (TPSA) is 56.8 Å². The zero-order valence-electron chi connectivity index (χ0n) is 12.2. The van der Waals surface area contributed by atoms with E-state index in [-0.39, 0.29) is 0 Å². The Bertz CT molecular complexity index is 389. The average molecular weight is 301 g/mol. The van der Waals surface area contributed by atoms with Crippen LogP contribution in [0.3, 0.4) is 0 Å². The van der Waals surface area contributed by atoms with E-state index >= 15 is 0 Å². The SMILES string of the molecule is CCOP(=O)(CCCNOCc1ccccc1)OCC. The lowest BCUT2D eigenvalue weighted by Crippen LogP contribution is -2.17. The third-order valence-corrected chi connectivity index (χ3v) is 4.71. The Hall–Kier alpha value is -0.710. The molecule has 0 aromatic heterocycles. The van der Waals surface area contributed by atoms with Crippen molar-refractivity contribution in [1.82, 2.24) is 5.48 Å². The van der Waals surface area contributed by atoms with E-state index in [0.717, 1.165) is 5.56 Å². The molecule has 1 N–H and O–H groups in total. The standard InChI is InChI=1S/C14H24NO4P/c1-3-18-20(16,19-4-2)12-8-11-15-17-13-14-9-6-5-7-10-14/h5-7,9-10,15H,3-4,8,11-13H2,1-2H3. The van der Waals surface area contributed by atoms with Crippen LogP contribution in [0.4, 0.5) is 0 Å². The summed E-state index contributed by atoms with van der Waals surface area (Å²) in [4.78, 5) is 5.33. The summed E-state index contributed by atoms with van der Waals surface area (Å²) < 4.78 is 22.6. The summed E-state index contributed by atoms with van der Waals surface area (Å²) in [5.74, 6) is 0. The largest absolute Gasteiger partial charge is 0.330 e. The first kappa shape index (κ1) is 17.3. The van der Waals surface area contributed by atoms with Gasteiger partial charge in [0.05, 0.1) is 26.0 Å². The molecule has 114 valence electrons. The second kappa shape index (κ2) is 10.1. The Kier molecular flexibility index (Phi) is 8.74. The van der Waals surface area contributed by atoms with E-state index in [1.165, 1.54) is 0 Å². The molecule has 0 aliphatic carbocycles. The van der Waals surface area contributed by atoms with Crippen LogP contribution in [0.15, 0.2) is 30.3 Å².